The average molecular weight is 315 g/mol. The van der Waals surface area contributed by atoms with Gasteiger partial charge in [-0.25, -0.2) is 0 Å². The van der Waals surface area contributed by atoms with Gasteiger partial charge in [-0.1, -0.05) is 25.5 Å². The minimum absolute atomic E-state index is 0.00186. The Morgan fingerprint density at radius 3 is 2.65 bits per heavy atom. The van der Waals surface area contributed by atoms with Crippen LogP contribution in [0.1, 0.15) is 25.8 Å². The number of hydrogen-bond donors (Lipinski definition) is 4. The molecule has 1 aromatic rings. The number of benzene rings is 1. The molecule has 0 heterocycles. The van der Waals surface area contributed by atoms with Crippen LogP contribution in [0.2, 0.25) is 0 Å². The molecule has 0 spiro atoms. The number of amidine groups is 1. The summed E-state index contributed by atoms with van der Waals surface area (Å²) in [6.07, 6.45) is 5.14. The summed E-state index contributed by atoms with van der Waals surface area (Å²) < 4.78 is 5.66. The van der Waals surface area contributed by atoms with Crippen molar-refractivity contribution in [1.82, 2.24) is 0 Å². The van der Waals surface area contributed by atoms with E-state index in [2.05, 4.69) is 31.3 Å². The van der Waals surface area contributed by atoms with Gasteiger partial charge in [-0.3, -0.25) is 5.41 Å². The normalized spacial score (nSPS) is 17.5. The Balaban J connectivity index is 2.15. The lowest BCUT2D eigenvalue weighted by atomic mass is 9.92. The highest BCUT2D eigenvalue weighted by Crippen LogP contribution is 2.26. The molecule has 1 aliphatic rings. The zero-order valence-corrected chi connectivity index (χ0v) is 13.7. The van der Waals surface area contributed by atoms with E-state index in [-0.39, 0.29) is 25.1 Å². The summed E-state index contributed by atoms with van der Waals surface area (Å²) in [5.74, 6) is 1.37. The van der Waals surface area contributed by atoms with Crippen LogP contribution in [0.5, 0.6) is 0 Å². The minimum Gasteiger partial charge on any atom is -0.493 e. The topological polar surface area (TPSA) is 91.4 Å². The van der Waals surface area contributed by atoms with Gasteiger partial charge >= 0.3 is 0 Å². The van der Waals surface area contributed by atoms with Crippen molar-refractivity contribution >= 4 is 11.5 Å². The van der Waals surface area contributed by atoms with Crippen molar-refractivity contribution in [1.29, 1.82) is 5.41 Å². The van der Waals surface area contributed by atoms with Gasteiger partial charge in [-0.15, -0.1) is 0 Å². The van der Waals surface area contributed by atoms with E-state index in [1.165, 1.54) is 5.57 Å². The third kappa shape index (κ3) is 4.60. The first kappa shape index (κ1) is 17.1. The van der Waals surface area contributed by atoms with Gasteiger partial charge in [0.1, 0.15) is 24.2 Å². The Kier molecular flexibility index (Phi) is 5.82. The molecular formula is C18H25N3O2. The molecule has 1 atom stereocenters. The van der Waals surface area contributed by atoms with Crippen LogP contribution in [0, 0.1) is 11.3 Å². The number of aliphatic hydroxyl groups excluding tert-OH is 1. The van der Waals surface area contributed by atoms with Crippen LogP contribution >= 0.6 is 0 Å². The van der Waals surface area contributed by atoms with E-state index >= 15 is 0 Å². The molecule has 0 saturated heterocycles. The second-order valence-electron chi connectivity index (χ2n) is 5.89. The summed E-state index contributed by atoms with van der Waals surface area (Å²) in [7, 11) is 0. The Bertz CT molecular complexity index is 603. The Labute approximate surface area is 137 Å². The molecular weight excluding hydrogens is 290 g/mol. The van der Waals surface area contributed by atoms with E-state index in [1.807, 2.05) is 24.3 Å². The first-order chi connectivity index (χ1) is 11.0. The van der Waals surface area contributed by atoms with E-state index in [4.69, 9.17) is 21.0 Å². The van der Waals surface area contributed by atoms with Crippen LogP contribution in [0.3, 0.4) is 0 Å². The van der Waals surface area contributed by atoms with Gasteiger partial charge < -0.3 is 20.9 Å². The number of rotatable bonds is 7. The fraction of sp³-hybridized carbons (Fsp3) is 0.389. The van der Waals surface area contributed by atoms with Crippen molar-refractivity contribution < 1.29 is 9.84 Å². The lowest BCUT2D eigenvalue weighted by Crippen LogP contribution is -2.25. The molecule has 5 N–H and O–H groups in total. The highest BCUT2D eigenvalue weighted by Gasteiger charge is 2.20. The van der Waals surface area contributed by atoms with Crippen molar-refractivity contribution in [3.8, 4) is 0 Å². The third-order valence-electron chi connectivity index (χ3n) is 3.85. The quantitative estimate of drug-likeness (QED) is 0.354. The van der Waals surface area contributed by atoms with Crippen molar-refractivity contribution in [2.75, 3.05) is 18.5 Å². The first-order valence-electron chi connectivity index (χ1n) is 7.86. The fourth-order valence-electron chi connectivity index (χ4n) is 2.49. The number of anilines is 1. The van der Waals surface area contributed by atoms with Crippen molar-refractivity contribution in [2.24, 2.45) is 11.7 Å². The Morgan fingerprint density at radius 2 is 2.09 bits per heavy atom. The molecule has 124 valence electrons. The number of allylic oxidation sites excluding steroid dienone is 2. The van der Waals surface area contributed by atoms with E-state index in [1.54, 1.807) is 0 Å². The molecule has 5 nitrogen and oxygen atoms in total. The van der Waals surface area contributed by atoms with Crippen LogP contribution < -0.4 is 11.1 Å². The highest BCUT2D eigenvalue weighted by molar-refractivity contribution is 5.95. The summed E-state index contributed by atoms with van der Waals surface area (Å²) in [6.45, 7) is 4.65. The Morgan fingerprint density at radius 1 is 1.39 bits per heavy atom. The number of nitrogen functional groups attached to an aromatic ring is 1. The molecule has 1 aromatic carbocycles. The fourth-order valence-corrected chi connectivity index (χ4v) is 2.49. The number of nitrogens with two attached hydrogens (primary N) is 1. The standard InChI is InChI=1S/C18H25N3O2/c1-12(2)14-5-8-17(23-10-9-22)16(11-14)21-15-6-3-13(4-7-15)18(19)20/h3-4,6-8,11-12,16,21-22H,5,9-10H2,1-2H3,(H3,19,20). The molecule has 0 aliphatic heterocycles. The summed E-state index contributed by atoms with van der Waals surface area (Å²) in [5, 5.41) is 19.8. The lowest BCUT2D eigenvalue weighted by molar-refractivity contribution is 0.138. The summed E-state index contributed by atoms with van der Waals surface area (Å²) in [4.78, 5) is 0. The van der Waals surface area contributed by atoms with E-state index in [0.717, 1.165) is 17.9 Å². The maximum Gasteiger partial charge on any atom is 0.122 e. The van der Waals surface area contributed by atoms with Gasteiger partial charge in [0.2, 0.25) is 0 Å². The van der Waals surface area contributed by atoms with Gasteiger partial charge in [0.25, 0.3) is 0 Å². The predicted molar refractivity (Wildman–Crippen MR) is 93.5 cm³/mol. The molecule has 0 aromatic heterocycles. The van der Waals surface area contributed by atoms with Crippen LogP contribution in [0.15, 0.2) is 47.7 Å². The van der Waals surface area contributed by atoms with Gasteiger partial charge in [-0.2, -0.15) is 0 Å². The molecule has 5 heteroatoms. The minimum atomic E-state index is -0.0594. The van der Waals surface area contributed by atoms with E-state index in [9.17, 15) is 0 Å². The van der Waals surface area contributed by atoms with Crippen LogP contribution in [-0.4, -0.2) is 30.2 Å². The maximum atomic E-state index is 8.98. The third-order valence-corrected chi connectivity index (χ3v) is 3.85. The number of hydrogen-bond acceptors (Lipinski definition) is 4. The van der Waals surface area contributed by atoms with E-state index < -0.39 is 0 Å². The second-order valence-corrected chi connectivity index (χ2v) is 5.89. The van der Waals surface area contributed by atoms with Crippen LogP contribution in [0.4, 0.5) is 5.69 Å². The van der Waals surface area contributed by atoms with Gasteiger partial charge in [0.05, 0.1) is 6.61 Å². The van der Waals surface area contributed by atoms with Crippen LogP contribution in [-0.2, 0) is 4.74 Å². The van der Waals surface area contributed by atoms with Crippen molar-refractivity contribution in [3.63, 3.8) is 0 Å². The zero-order chi connectivity index (χ0) is 16.8. The molecule has 1 aliphatic carbocycles. The molecule has 0 bridgehead atoms. The molecule has 0 saturated carbocycles. The SMILES string of the molecule is CC(C)C1=CC(Nc2ccc(C(=N)N)cc2)C(OCCO)=CC1. The van der Waals surface area contributed by atoms with E-state index in [0.29, 0.717) is 11.5 Å². The van der Waals surface area contributed by atoms with Gasteiger partial charge in [0.15, 0.2) is 0 Å². The summed E-state index contributed by atoms with van der Waals surface area (Å²) in [6, 6.07) is 7.38. The zero-order valence-electron chi connectivity index (χ0n) is 13.7. The average Bonchev–Trinajstić information content (AvgIpc) is 2.54. The first-order valence-corrected chi connectivity index (χ1v) is 7.86. The molecule has 0 amide bonds. The van der Waals surface area contributed by atoms with Gasteiger partial charge in [-0.05, 0) is 42.7 Å². The molecule has 2 rings (SSSR count). The highest BCUT2D eigenvalue weighted by atomic mass is 16.5. The van der Waals surface area contributed by atoms with Crippen molar-refractivity contribution in [2.45, 2.75) is 26.3 Å². The summed E-state index contributed by atoms with van der Waals surface area (Å²) in [5.41, 5.74) is 8.47. The molecule has 1 unspecified atom stereocenters. The number of nitrogens with one attached hydrogen (secondary N) is 2. The van der Waals surface area contributed by atoms with Gasteiger partial charge in [0, 0.05) is 11.3 Å². The monoisotopic (exact) mass is 315 g/mol. The Hall–Kier alpha value is -2.27. The smallest absolute Gasteiger partial charge is 0.122 e. The number of ether oxygens (including phenoxy) is 1. The summed E-state index contributed by atoms with van der Waals surface area (Å²) >= 11 is 0. The predicted octanol–water partition coefficient (Wildman–Crippen LogP) is 2.63. The molecule has 23 heavy (non-hydrogen) atoms. The van der Waals surface area contributed by atoms with Crippen LogP contribution in [0.25, 0.3) is 0 Å². The molecule has 0 radical (unpaired) electrons. The maximum absolute atomic E-state index is 8.98. The van der Waals surface area contributed by atoms with Crippen molar-refractivity contribution in [3.05, 3.63) is 53.3 Å². The lowest BCUT2D eigenvalue weighted by Gasteiger charge is -2.26. The number of aliphatic hydroxyl groups is 1. The largest absolute Gasteiger partial charge is 0.493 e. The second kappa shape index (κ2) is 7.83. The molecule has 0 fully saturated rings.